The molecule has 2 aliphatic heterocycles. The average Bonchev–Trinajstić information content (AvgIpc) is 2.54. The predicted octanol–water partition coefficient (Wildman–Crippen LogP) is 0.803. The van der Waals surface area contributed by atoms with E-state index in [2.05, 4.69) is 20.2 Å². The Morgan fingerprint density at radius 2 is 2.00 bits per heavy atom. The fraction of sp³-hybridized carbons (Fsp3) is 0.667. The summed E-state index contributed by atoms with van der Waals surface area (Å²) in [5.74, 6) is 0. The van der Waals surface area contributed by atoms with E-state index in [-0.39, 0.29) is 0 Å². The lowest BCUT2D eigenvalue weighted by Gasteiger charge is -2.27. The second-order valence-electron chi connectivity index (χ2n) is 4.80. The topological polar surface area (TPSA) is 41.1 Å². The number of nitrogens with zero attached hydrogens (tertiary/aromatic N) is 3. The normalized spacial score (nSPS) is 30.2. The Balaban J connectivity index is 1.74. The van der Waals surface area contributed by atoms with E-state index in [0.717, 1.165) is 19.1 Å². The molecule has 2 fully saturated rings. The molecule has 0 amide bonds. The third-order valence-corrected chi connectivity index (χ3v) is 3.78. The number of rotatable bonds is 2. The zero-order valence-electron chi connectivity index (χ0n) is 9.47. The van der Waals surface area contributed by atoms with Crippen LogP contribution in [-0.2, 0) is 6.54 Å². The molecule has 2 atom stereocenters. The first-order valence-electron chi connectivity index (χ1n) is 6.14. The molecule has 1 aromatic heterocycles. The van der Waals surface area contributed by atoms with Crippen LogP contribution in [0.25, 0.3) is 0 Å². The monoisotopic (exact) mass is 218 g/mol. The van der Waals surface area contributed by atoms with Crippen molar-refractivity contribution in [1.29, 1.82) is 0 Å². The van der Waals surface area contributed by atoms with Crippen molar-refractivity contribution in [1.82, 2.24) is 20.2 Å². The molecule has 1 aromatic rings. The molecule has 2 bridgehead atoms. The lowest BCUT2D eigenvalue weighted by molar-refractivity contribution is 0.193. The second-order valence-corrected chi connectivity index (χ2v) is 4.80. The molecule has 0 saturated carbocycles. The molecule has 0 aliphatic carbocycles. The van der Waals surface area contributed by atoms with Crippen molar-refractivity contribution in [3.8, 4) is 0 Å². The minimum Gasteiger partial charge on any atom is -0.315 e. The summed E-state index contributed by atoms with van der Waals surface area (Å²) < 4.78 is 0. The minimum absolute atomic E-state index is 0.715. The number of hydrogen-bond donors (Lipinski definition) is 1. The summed E-state index contributed by atoms with van der Waals surface area (Å²) >= 11 is 0. The predicted molar refractivity (Wildman–Crippen MR) is 61.9 cm³/mol. The van der Waals surface area contributed by atoms with Gasteiger partial charge in [0.05, 0.1) is 0 Å². The highest BCUT2D eigenvalue weighted by molar-refractivity contribution is 5.05. The molecule has 16 heavy (non-hydrogen) atoms. The molecule has 4 heteroatoms. The van der Waals surface area contributed by atoms with Crippen LogP contribution in [-0.4, -0.2) is 40.0 Å². The van der Waals surface area contributed by atoms with E-state index in [9.17, 15) is 0 Å². The van der Waals surface area contributed by atoms with Crippen molar-refractivity contribution in [2.24, 2.45) is 0 Å². The van der Waals surface area contributed by atoms with E-state index in [1.807, 2.05) is 12.4 Å². The zero-order chi connectivity index (χ0) is 10.8. The third kappa shape index (κ3) is 1.95. The van der Waals surface area contributed by atoms with Crippen LogP contribution in [0.1, 0.15) is 24.8 Å². The van der Waals surface area contributed by atoms with Gasteiger partial charge in [0.15, 0.2) is 0 Å². The first-order valence-corrected chi connectivity index (χ1v) is 6.14. The first-order chi connectivity index (χ1) is 7.93. The van der Waals surface area contributed by atoms with Gasteiger partial charge in [-0.25, -0.2) is 9.97 Å². The Bertz CT molecular complexity index is 326. The van der Waals surface area contributed by atoms with Gasteiger partial charge in [-0.05, 0) is 25.8 Å². The largest absolute Gasteiger partial charge is 0.315 e. The van der Waals surface area contributed by atoms with Gasteiger partial charge in [-0.15, -0.1) is 0 Å². The van der Waals surface area contributed by atoms with E-state index < -0.39 is 0 Å². The lowest BCUT2D eigenvalue weighted by atomic mass is 10.1. The smallest absolute Gasteiger partial charge is 0.115 e. The molecule has 3 rings (SSSR count). The van der Waals surface area contributed by atoms with Crippen molar-refractivity contribution < 1.29 is 0 Å². The van der Waals surface area contributed by atoms with Crippen molar-refractivity contribution in [3.05, 3.63) is 24.3 Å². The van der Waals surface area contributed by atoms with Crippen LogP contribution < -0.4 is 5.32 Å². The Labute approximate surface area is 96.1 Å². The van der Waals surface area contributed by atoms with E-state index in [4.69, 9.17) is 0 Å². The van der Waals surface area contributed by atoms with Crippen LogP contribution in [0, 0.1) is 0 Å². The van der Waals surface area contributed by atoms with Crippen LogP contribution >= 0.6 is 0 Å². The molecular formula is C12H18N4. The fourth-order valence-electron chi connectivity index (χ4n) is 2.96. The van der Waals surface area contributed by atoms with Crippen LogP contribution in [0.2, 0.25) is 0 Å². The molecule has 0 aromatic carbocycles. The van der Waals surface area contributed by atoms with Crippen molar-refractivity contribution >= 4 is 0 Å². The summed E-state index contributed by atoms with van der Waals surface area (Å²) in [6.45, 7) is 3.32. The quantitative estimate of drug-likeness (QED) is 0.797. The highest BCUT2D eigenvalue weighted by Gasteiger charge is 2.34. The number of nitrogens with one attached hydrogen (secondary N) is 1. The van der Waals surface area contributed by atoms with Crippen LogP contribution in [0.4, 0.5) is 0 Å². The third-order valence-electron chi connectivity index (χ3n) is 3.78. The van der Waals surface area contributed by atoms with Gasteiger partial charge in [0, 0.05) is 43.1 Å². The fourth-order valence-corrected chi connectivity index (χ4v) is 2.96. The Morgan fingerprint density at radius 1 is 1.19 bits per heavy atom. The Morgan fingerprint density at radius 3 is 2.88 bits per heavy atom. The molecule has 86 valence electrons. The Hall–Kier alpha value is -1.00. The van der Waals surface area contributed by atoms with Crippen LogP contribution in [0.5, 0.6) is 0 Å². The average molecular weight is 218 g/mol. The minimum atomic E-state index is 0.715. The van der Waals surface area contributed by atoms with Gasteiger partial charge in [0.1, 0.15) is 6.33 Å². The van der Waals surface area contributed by atoms with Crippen molar-refractivity contribution in [2.75, 3.05) is 13.1 Å². The summed E-state index contributed by atoms with van der Waals surface area (Å²) in [6.07, 6.45) is 9.45. The maximum absolute atomic E-state index is 4.09. The summed E-state index contributed by atoms with van der Waals surface area (Å²) in [7, 11) is 0. The number of fused-ring (bicyclic) bond motifs is 2. The zero-order valence-corrected chi connectivity index (χ0v) is 9.47. The molecule has 0 unspecified atom stereocenters. The molecule has 2 aliphatic rings. The van der Waals surface area contributed by atoms with Gasteiger partial charge in [-0.2, -0.15) is 0 Å². The summed E-state index contributed by atoms with van der Waals surface area (Å²) in [4.78, 5) is 10.8. The van der Waals surface area contributed by atoms with Gasteiger partial charge in [-0.1, -0.05) is 0 Å². The maximum atomic E-state index is 4.09. The van der Waals surface area contributed by atoms with Gasteiger partial charge in [-0.3, -0.25) is 4.90 Å². The summed E-state index contributed by atoms with van der Waals surface area (Å²) in [6, 6.07) is 1.48. The molecule has 1 N–H and O–H groups in total. The second kappa shape index (κ2) is 4.47. The van der Waals surface area contributed by atoms with Crippen LogP contribution in [0.15, 0.2) is 18.7 Å². The van der Waals surface area contributed by atoms with Gasteiger partial charge in [0.25, 0.3) is 0 Å². The summed E-state index contributed by atoms with van der Waals surface area (Å²) in [5.41, 5.74) is 1.24. The number of hydrogen-bond acceptors (Lipinski definition) is 4. The lowest BCUT2D eigenvalue weighted by Crippen LogP contribution is -2.37. The number of aromatic nitrogens is 2. The van der Waals surface area contributed by atoms with Gasteiger partial charge in [0.2, 0.25) is 0 Å². The van der Waals surface area contributed by atoms with Gasteiger partial charge < -0.3 is 5.32 Å². The molecule has 3 heterocycles. The van der Waals surface area contributed by atoms with E-state index in [1.54, 1.807) is 6.33 Å². The highest BCUT2D eigenvalue weighted by atomic mass is 15.2. The molecule has 4 nitrogen and oxygen atoms in total. The molecule has 0 radical (unpaired) electrons. The highest BCUT2D eigenvalue weighted by Crippen LogP contribution is 2.29. The Kier molecular flexibility index (Phi) is 2.84. The van der Waals surface area contributed by atoms with Crippen molar-refractivity contribution in [3.63, 3.8) is 0 Å². The molecular weight excluding hydrogens is 200 g/mol. The van der Waals surface area contributed by atoms with Crippen LogP contribution in [0.3, 0.4) is 0 Å². The SMILES string of the molecule is c1ncc(CN2[C@@H]3CCNC[C@H]2CC3)cn1. The maximum Gasteiger partial charge on any atom is 0.115 e. The molecule has 0 spiro atoms. The van der Waals surface area contributed by atoms with Gasteiger partial charge >= 0.3 is 0 Å². The van der Waals surface area contributed by atoms with Crippen molar-refractivity contribution in [2.45, 2.75) is 37.9 Å². The van der Waals surface area contributed by atoms with E-state index >= 15 is 0 Å². The van der Waals surface area contributed by atoms with E-state index in [1.165, 1.54) is 31.4 Å². The first kappa shape index (κ1) is 10.2. The summed E-state index contributed by atoms with van der Waals surface area (Å²) in [5, 5.41) is 3.52. The molecule has 2 saturated heterocycles. The standard InChI is InChI=1S/C12H18N4/c1-2-12-7-13-4-3-11(1)16(12)8-10-5-14-9-15-6-10/h5-6,9,11-13H,1-4,7-8H2/t11-,12+/m0/s1. The van der Waals surface area contributed by atoms with E-state index in [0.29, 0.717) is 6.04 Å².